The number of rotatable bonds is 6. The number of hydrogen-bond acceptors (Lipinski definition) is 2. The van der Waals surface area contributed by atoms with Gasteiger partial charge in [-0.25, -0.2) is 0 Å². The summed E-state index contributed by atoms with van der Waals surface area (Å²) in [6.07, 6.45) is 6.46. The monoisotopic (exact) mass is 295 g/mol. The average molecular weight is 296 g/mol. The van der Waals surface area contributed by atoms with E-state index in [2.05, 4.69) is 24.8 Å². The third kappa shape index (κ3) is 3.89. The molecule has 2 nitrogen and oxygen atoms in total. The highest BCUT2D eigenvalue weighted by atomic mass is 35.5. The molecule has 0 aromatic heterocycles. The number of aliphatic hydroxyl groups is 1. The molecule has 0 spiro atoms. The van der Waals surface area contributed by atoms with Crippen LogP contribution < -0.4 is 4.90 Å². The van der Waals surface area contributed by atoms with Crippen LogP contribution in [0.2, 0.25) is 5.02 Å². The maximum Gasteiger partial charge on any atom is 0.0696 e. The van der Waals surface area contributed by atoms with Crippen molar-refractivity contribution in [3.8, 4) is 0 Å². The third-order valence-electron chi connectivity index (χ3n) is 4.25. The largest absolute Gasteiger partial charge is 0.392 e. The lowest BCUT2D eigenvalue weighted by atomic mass is 10.1. The molecule has 1 fully saturated rings. The van der Waals surface area contributed by atoms with Crippen LogP contribution in [0.15, 0.2) is 18.2 Å². The van der Waals surface area contributed by atoms with Crippen molar-refractivity contribution in [1.82, 2.24) is 0 Å². The summed E-state index contributed by atoms with van der Waals surface area (Å²) in [6, 6.07) is 6.74. The topological polar surface area (TPSA) is 23.5 Å². The van der Waals surface area contributed by atoms with Crippen LogP contribution in [0.4, 0.5) is 5.69 Å². The molecule has 0 bridgehead atoms. The predicted molar refractivity (Wildman–Crippen MR) is 86.4 cm³/mol. The standard InChI is InChI=1S/C17H26ClNO/c1-13(2)9-10-19(15-5-3-4-6-15)16-8-7-14(12-20)17(18)11-16/h7-8,11,13,15,20H,3-6,9-10,12H2,1-2H3. The first kappa shape index (κ1) is 15.7. The minimum Gasteiger partial charge on any atom is -0.392 e. The van der Waals surface area contributed by atoms with Gasteiger partial charge in [0.25, 0.3) is 0 Å². The van der Waals surface area contributed by atoms with Gasteiger partial charge in [0.15, 0.2) is 0 Å². The summed E-state index contributed by atoms with van der Waals surface area (Å²) < 4.78 is 0. The van der Waals surface area contributed by atoms with Crippen LogP contribution in [-0.4, -0.2) is 17.7 Å². The second-order valence-corrected chi connectivity index (χ2v) is 6.66. The van der Waals surface area contributed by atoms with Crippen LogP contribution in [-0.2, 0) is 6.61 Å². The molecule has 20 heavy (non-hydrogen) atoms. The molecule has 0 radical (unpaired) electrons. The molecule has 0 saturated heterocycles. The lowest BCUT2D eigenvalue weighted by Crippen LogP contribution is -2.34. The van der Waals surface area contributed by atoms with Gasteiger partial charge in [0, 0.05) is 23.3 Å². The first-order chi connectivity index (χ1) is 9.61. The zero-order chi connectivity index (χ0) is 14.5. The molecule has 1 N–H and O–H groups in total. The third-order valence-corrected chi connectivity index (χ3v) is 4.60. The molecule has 0 aliphatic heterocycles. The Morgan fingerprint density at radius 1 is 1.30 bits per heavy atom. The highest BCUT2D eigenvalue weighted by Gasteiger charge is 2.23. The summed E-state index contributed by atoms with van der Waals surface area (Å²) in [5.74, 6) is 0.714. The summed E-state index contributed by atoms with van der Waals surface area (Å²) >= 11 is 6.26. The zero-order valence-corrected chi connectivity index (χ0v) is 13.4. The second kappa shape index (κ2) is 7.33. The quantitative estimate of drug-likeness (QED) is 0.827. The van der Waals surface area contributed by atoms with E-state index >= 15 is 0 Å². The summed E-state index contributed by atoms with van der Waals surface area (Å²) in [4.78, 5) is 2.53. The van der Waals surface area contributed by atoms with Crippen molar-refractivity contribution in [2.24, 2.45) is 5.92 Å². The molecule has 112 valence electrons. The Hall–Kier alpha value is -0.730. The summed E-state index contributed by atoms with van der Waals surface area (Å²) in [6.45, 7) is 5.65. The Morgan fingerprint density at radius 3 is 2.55 bits per heavy atom. The number of benzene rings is 1. The van der Waals surface area contributed by atoms with E-state index in [-0.39, 0.29) is 6.61 Å². The minimum atomic E-state index is 0.00847. The molecule has 1 aliphatic carbocycles. The number of nitrogens with zero attached hydrogens (tertiary/aromatic N) is 1. The molecule has 2 rings (SSSR count). The molecule has 0 heterocycles. The Labute approximate surface area is 127 Å². The fraction of sp³-hybridized carbons (Fsp3) is 0.647. The van der Waals surface area contributed by atoms with Crippen molar-refractivity contribution in [2.75, 3.05) is 11.4 Å². The highest BCUT2D eigenvalue weighted by molar-refractivity contribution is 6.31. The molecule has 3 heteroatoms. The Balaban J connectivity index is 2.18. The smallest absolute Gasteiger partial charge is 0.0696 e. The fourth-order valence-corrected chi connectivity index (χ4v) is 3.21. The van der Waals surface area contributed by atoms with E-state index in [1.54, 1.807) is 0 Å². The van der Waals surface area contributed by atoms with Crippen molar-refractivity contribution in [3.63, 3.8) is 0 Å². The zero-order valence-electron chi connectivity index (χ0n) is 12.6. The van der Waals surface area contributed by atoms with Gasteiger partial charge in [0.2, 0.25) is 0 Å². The SMILES string of the molecule is CC(C)CCN(c1ccc(CO)c(Cl)c1)C1CCCC1. The maximum absolute atomic E-state index is 9.24. The molecule has 1 aromatic rings. The maximum atomic E-state index is 9.24. The number of anilines is 1. The lowest BCUT2D eigenvalue weighted by molar-refractivity contribution is 0.282. The van der Waals surface area contributed by atoms with E-state index < -0.39 is 0 Å². The van der Waals surface area contributed by atoms with Gasteiger partial charge in [-0.3, -0.25) is 0 Å². The van der Waals surface area contributed by atoms with E-state index in [1.807, 2.05) is 12.1 Å². The fourth-order valence-electron chi connectivity index (χ4n) is 2.98. The van der Waals surface area contributed by atoms with Gasteiger partial charge < -0.3 is 10.0 Å². The summed E-state index contributed by atoms with van der Waals surface area (Å²) in [5.41, 5.74) is 2.02. The van der Waals surface area contributed by atoms with Crippen molar-refractivity contribution in [2.45, 2.75) is 58.6 Å². The van der Waals surface area contributed by atoms with Crippen molar-refractivity contribution in [1.29, 1.82) is 0 Å². The molecule has 0 atom stereocenters. The first-order valence-electron chi connectivity index (χ1n) is 7.77. The Bertz CT molecular complexity index is 427. The van der Waals surface area contributed by atoms with Crippen LogP contribution >= 0.6 is 11.6 Å². The molecule has 0 unspecified atom stereocenters. The molecule has 1 aliphatic rings. The molecule has 0 amide bonds. The minimum absolute atomic E-state index is 0.00847. The summed E-state index contributed by atoms with van der Waals surface area (Å²) in [5, 5.41) is 9.92. The second-order valence-electron chi connectivity index (χ2n) is 6.25. The average Bonchev–Trinajstić information content (AvgIpc) is 2.93. The van der Waals surface area contributed by atoms with Crippen LogP contribution in [0.25, 0.3) is 0 Å². The van der Waals surface area contributed by atoms with Gasteiger partial charge >= 0.3 is 0 Å². The predicted octanol–water partition coefficient (Wildman–Crippen LogP) is 4.63. The van der Waals surface area contributed by atoms with E-state index in [0.717, 1.165) is 12.1 Å². The van der Waals surface area contributed by atoms with Gasteiger partial charge in [-0.2, -0.15) is 0 Å². The summed E-state index contributed by atoms with van der Waals surface area (Å²) in [7, 11) is 0. The van der Waals surface area contributed by atoms with Crippen molar-refractivity contribution < 1.29 is 5.11 Å². The number of halogens is 1. The van der Waals surface area contributed by atoms with E-state index in [1.165, 1.54) is 37.8 Å². The molecular weight excluding hydrogens is 270 g/mol. The van der Waals surface area contributed by atoms with E-state index in [4.69, 9.17) is 11.6 Å². The lowest BCUT2D eigenvalue weighted by Gasteiger charge is -2.32. The Morgan fingerprint density at radius 2 is 2.00 bits per heavy atom. The van der Waals surface area contributed by atoms with Gasteiger partial charge in [0.1, 0.15) is 0 Å². The molecule has 1 aromatic carbocycles. The van der Waals surface area contributed by atoms with E-state index in [0.29, 0.717) is 17.0 Å². The number of hydrogen-bond donors (Lipinski definition) is 1. The van der Waals surface area contributed by atoms with Crippen LogP contribution in [0, 0.1) is 5.92 Å². The van der Waals surface area contributed by atoms with Crippen molar-refractivity contribution in [3.05, 3.63) is 28.8 Å². The Kier molecular flexibility index (Phi) is 5.74. The molecule has 1 saturated carbocycles. The van der Waals surface area contributed by atoms with Gasteiger partial charge in [-0.1, -0.05) is 44.4 Å². The van der Waals surface area contributed by atoms with Gasteiger partial charge in [-0.05, 0) is 42.9 Å². The van der Waals surface area contributed by atoms with E-state index in [9.17, 15) is 5.11 Å². The van der Waals surface area contributed by atoms with Crippen molar-refractivity contribution >= 4 is 17.3 Å². The number of aliphatic hydroxyl groups excluding tert-OH is 1. The van der Waals surface area contributed by atoms with Crippen LogP contribution in [0.1, 0.15) is 51.5 Å². The van der Waals surface area contributed by atoms with Crippen LogP contribution in [0.3, 0.4) is 0 Å². The van der Waals surface area contributed by atoms with Gasteiger partial charge in [0.05, 0.1) is 6.61 Å². The van der Waals surface area contributed by atoms with Gasteiger partial charge in [-0.15, -0.1) is 0 Å². The highest BCUT2D eigenvalue weighted by Crippen LogP contribution is 2.31. The van der Waals surface area contributed by atoms with Crippen LogP contribution in [0.5, 0.6) is 0 Å². The normalized spacial score (nSPS) is 16.1. The molecular formula is C17H26ClNO. The first-order valence-corrected chi connectivity index (χ1v) is 8.15.